The van der Waals surface area contributed by atoms with Gasteiger partial charge in [0.05, 0.1) is 5.56 Å². The fourth-order valence-electron chi connectivity index (χ4n) is 1.23. The zero-order valence-corrected chi connectivity index (χ0v) is 8.39. The molecule has 6 heteroatoms. The number of hydrogen-bond donors (Lipinski definition) is 2. The predicted octanol–water partition coefficient (Wildman–Crippen LogP) is 2.54. The Balaban J connectivity index is 2.98. The third kappa shape index (κ3) is 3.16. The van der Waals surface area contributed by atoms with Gasteiger partial charge in [-0.05, 0) is 37.5 Å². The molecule has 0 aliphatic heterocycles. The average Bonchev–Trinajstić information content (AvgIpc) is 2.05. The Bertz CT molecular complexity index is 352. The van der Waals surface area contributed by atoms with Gasteiger partial charge in [0.2, 0.25) is 0 Å². The molecule has 0 saturated carbocycles. The van der Waals surface area contributed by atoms with E-state index < -0.39 is 18.8 Å². The zero-order chi connectivity index (χ0) is 11.6. The first-order valence-corrected chi connectivity index (χ1v) is 4.43. The lowest BCUT2D eigenvalue weighted by molar-refractivity contribution is -0.137. The van der Waals surface area contributed by atoms with E-state index in [1.807, 2.05) is 0 Å². The highest BCUT2D eigenvalue weighted by atomic mass is 19.4. The van der Waals surface area contributed by atoms with E-state index in [1.165, 1.54) is 12.9 Å². The summed E-state index contributed by atoms with van der Waals surface area (Å²) < 4.78 is 36.9. The smallest absolute Gasteiger partial charge is 0.416 e. The first kappa shape index (κ1) is 11.9. The summed E-state index contributed by atoms with van der Waals surface area (Å²) in [7, 11) is -0.791. The number of anilines is 1. The van der Waals surface area contributed by atoms with Crippen LogP contribution in [-0.4, -0.2) is 12.1 Å². The number of benzene rings is 1. The third-order valence-electron chi connectivity index (χ3n) is 1.92. The van der Waals surface area contributed by atoms with Crippen LogP contribution in [0.2, 0.25) is 6.82 Å². The van der Waals surface area contributed by atoms with Gasteiger partial charge in [0.25, 0.3) is 0 Å². The number of hydrogen-bond acceptors (Lipinski definition) is 2. The molecular weight excluding hydrogens is 206 g/mol. The van der Waals surface area contributed by atoms with Gasteiger partial charge in [0.15, 0.2) is 0 Å². The number of aryl methyl sites for hydroxylation is 1. The summed E-state index contributed by atoms with van der Waals surface area (Å²) in [5, 5.41) is 11.7. The van der Waals surface area contributed by atoms with Crippen LogP contribution in [0.3, 0.4) is 0 Å². The molecule has 0 aliphatic rings. The lowest BCUT2D eigenvalue weighted by Crippen LogP contribution is -2.20. The van der Waals surface area contributed by atoms with Crippen LogP contribution in [0.1, 0.15) is 11.1 Å². The molecule has 0 radical (unpaired) electrons. The van der Waals surface area contributed by atoms with Crippen molar-refractivity contribution in [1.29, 1.82) is 0 Å². The van der Waals surface area contributed by atoms with E-state index in [-0.39, 0.29) is 0 Å². The fraction of sp³-hybridized carbons (Fsp3) is 0.333. The second kappa shape index (κ2) is 4.14. The molecule has 0 amide bonds. The molecule has 0 bridgehead atoms. The van der Waals surface area contributed by atoms with Gasteiger partial charge in [-0.3, -0.25) is 0 Å². The Hall–Kier alpha value is -1.17. The van der Waals surface area contributed by atoms with Gasteiger partial charge in [0, 0.05) is 5.69 Å². The van der Waals surface area contributed by atoms with Gasteiger partial charge in [-0.25, -0.2) is 0 Å². The monoisotopic (exact) mass is 217 g/mol. The van der Waals surface area contributed by atoms with Crippen LogP contribution in [-0.2, 0) is 6.18 Å². The van der Waals surface area contributed by atoms with Crippen molar-refractivity contribution in [3.8, 4) is 0 Å². The number of nitrogens with one attached hydrogen (secondary N) is 1. The molecule has 0 spiro atoms. The van der Waals surface area contributed by atoms with E-state index >= 15 is 0 Å². The highest BCUT2D eigenvalue weighted by molar-refractivity contribution is 6.52. The van der Waals surface area contributed by atoms with Gasteiger partial charge in [-0.15, -0.1) is 0 Å². The van der Waals surface area contributed by atoms with Crippen molar-refractivity contribution < 1.29 is 18.2 Å². The summed E-state index contributed by atoms with van der Waals surface area (Å²) in [5.41, 5.74) is 0.264. The number of halogens is 3. The highest BCUT2D eigenvalue weighted by Gasteiger charge is 2.30. The van der Waals surface area contributed by atoms with Gasteiger partial charge in [0.1, 0.15) is 0 Å². The lowest BCUT2D eigenvalue weighted by Gasteiger charge is -2.12. The summed E-state index contributed by atoms with van der Waals surface area (Å²) in [6.45, 7) is 3.05. The predicted molar refractivity (Wildman–Crippen MR) is 53.6 cm³/mol. The van der Waals surface area contributed by atoms with Crippen molar-refractivity contribution >= 4 is 12.7 Å². The summed E-state index contributed by atoms with van der Waals surface area (Å²) >= 11 is 0. The molecule has 0 unspecified atom stereocenters. The molecule has 1 rings (SSSR count). The van der Waals surface area contributed by atoms with Crippen molar-refractivity contribution in [2.75, 3.05) is 5.23 Å². The lowest BCUT2D eigenvalue weighted by atomic mass is 9.87. The molecule has 0 atom stereocenters. The third-order valence-corrected chi connectivity index (χ3v) is 1.92. The van der Waals surface area contributed by atoms with Crippen LogP contribution < -0.4 is 5.23 Å². The van der Waals surface area contributed by atoms with E-state index in [4.69, 9.17) is 5.02 Å². The van der Waals surface area contributed by atoms with E-state index in [2.05, 4.69) is 5.23 Å². The second-order valence-electron chi connectivity index (χ2n) is 3.35. The van der Waals surface area contributed by atoms with Gasteiger partial charge in [-0.1, -0.05) is 0 Å². The van der Waals surface area contributed by atoms with Crippen molar-refractivity contribution in [2.45, 2.75) is 19.9 Å². The normalized spacial score (nSPS) is 11.3. The van der Waals surface area contributed by atoms with E-state index in [1.54, 1.807) is 6.92 Å². The molecule has 1 aromatic rings. The molecule has 0 saturated heterocycles. The minimum Gasteiger partial charge on any atom is -0.433 e. The highest BCUT2D eigenvalue weighted by Crippen LogP contribution is 2.31. The van der Waals surface area contributed by atoms with Crippen molar-refractivity contribution in [3.05, 3.63) is 29.3 Å². The minimum absolute atomic E-state index is 0.450. The van der Waals surface area contributed by atoms with Gasteiger partial charge in [-0.2, -0.15) is 13.2 Å². The Kier molecular flexibility index (Phi) is 3.29. The average molecular weight is 217 g/mol. The summed E-state index contributed by atoms with van der Waals surface area (Å²) in [6, 6.07) is 3.34. The van der Waals surface area contributed by atoms with Crippen molar-refractivity contribution in [2.24, 2.45) is 0 Å². The molecule has 0 aliphatic carbocycles. The summed E-state index contributed by atoms with van der Waals surface area (Å²) in [5.74, 6) is 0. The molecule has 2 nitrogen and oxygen atoms in total. The quantitative estimate of drug-likeness (QED) is 0.746. The van der Waals surface area contributed by atoms with Crippen LogP contribution in [0, 0.1) is 6.92 Å². The van der Waals surface area contributed by atoms with Crippen LogP contribution in [0.4, 0.5) is 18.9 Å². The maximum atomic E-state index is 12.3. The topological polar surface area (TPSA) is 32.3 Å². The molecule has 2 N–H and O–H groups in total. The second-order valence-corrected chi connectivity index (χ2v) is 3.35. The van der Waals surface area contributed by atoms with Crippen LogP contribution >= 0.6 is 0 Å². The Morgan fingerprint density at radius 1 is 1.33 bits per heavy atom. The van der Waals surface area contributed by atoms with E-state index in [0.29, 0.717) is 11.3 Å². The molecule has 0 fully saturated rings. The van der Waals surface area contributed by atoms with Crippen LogP contribution in [0.25, 0.3) is 0 Å². The maximum absolute atomic E-state index is 12.3. The standard InChI is InChI=1S/C9H11BF3NO/c1-6-5-7(9(11,12)13)3-4-8(6)14-10(2)15/h3-5,14-15H,1-2H3. The SMILES string of the molecule is CB(O)Nc1ccc(C(F)(F)F)cc1C. The fourth-order valence-corrected chi connectivity index (χ4v) is 1.23. The molecule has 15 heavy (non-hydrogen) atoms. The minimum atomic E-state index is -4.33. The first-order valence-electron chi connectivity index (χ1n) is 4.43. The largest absolute Gasteiger partial charge is 0.433 e. The first-order chi connectivity index (χ1) is 6.80. The van der Waals surface area contributed by atoms with Crippen molar-refractivity contribution in [1.82, 2.24) is 0 Å². The molecular formula is C9H11BF3NO. The molecule has 82 valence electrons. The van der Waals surface area contributed by atoms with Crippen molar-refractivity contribution in [3.63, 3.8) is 0 Å². The summed E-state index contributed by atoms with van der Waals surface area (Å²) in [4.78, 5) is 0. The molecule has 0 heterocycles. The molecule has 1 aromatic carbocycles. The van der Waals surface area contributed by atoms with E-state index in [0.717, 1.165) is 12.1 Å². The van der Waals surface area contributed by atoms with Crippen LogP contribution in [0.5, 0.6) is 0 Å². The van der Waals surface area contributed by atoms with Gasteiger partial charge < -0.3 is 10.3 Å². The maximum Gasteiger partial charge on any atom is 0.416 e. The number of alkyl halides is 3. The Morgan fingerprint density at radius 3 is 2.33 bits per heavy atom. The Labute approximate surface area is 86.2 Å². The van der Waals surface area contributed by atoms with Gasteiger partial charge >= 0.3 is 13.2 Å². The van der Waals surface area contributed by atoms with E-state index in [9.17, 15) is 13.2 Å². The summed E-state index contributed by atoms with van der Waals surface area (Å²) in [6.07, 6.45) is -4.33. The number of rotatable bonds is 2. The Morgan fingerprint density at radius 2 is 1.93 bits per heavy atom. The zero-order valence-electron chi connectivity index (χ0n) is 8.39. The van der Waals surface area contributed by atoms with Crippen LogP contribution in [0.15, 0.2) is 18.2 Å². The molecule has 0 aromatic heterocycles.